The summed E-state index contributed by atoms with van der Waals surface area (Å²) in [6.07, 6.45) is 0.841. The van der Waals surface area contributed by atoms with Crippen LogP contribution < -0.4 is 20.1 Å². The highest BCUT2D eigenvalue weighted by Gasteiger charge is 2.09. The molecular formula is C23H32N4O3. The van der Waals surface area contributed by atoms with E-state index < -0.39 is 0 Å². The van der Waals surface area contributed by atoms with Crippen LogP contribution in [0.3, 0.4) is 0 Å². The van der Waals surface area contributed by atoms with E-state index >= 15 is 0 Å². The largest absolute Gasteiger partial charge is 0.493 e. The minimum Gasteiger partial charge on any atom is -0.493 e. The summed E-state index contributed by atoms with van der Waals surface area (Å²) in [4.78, 5) is 18.7. The third-order valence-electron chi connectivity index (χ3n) is 4.71. The molecule has 7 nitrogen and oxygen atoms in total. The van der Waals surface area contributed by atoms with Crippen molar-refractivity contribution in [2.75, 3.05) is 41.4 Å². The van der Waals surface area contributed by atoms with Crippen molar-refractivity contribution < 1.29 is 14.3 Å². The number of ether oxygens (including phenoxy) is 2. The van der Waals surface area contributed by atoms with Crippen molar-refractivity contribution in [3.63, 3.8) is 0 Å². The lowest BCUT2D eigenvalue weighted by Crippen LogP contribution is -2.39. The summed E-state index contributed by atoms with van der Waals surface area (Å²) in [5, 5.41) is 5.98. The molecule has 2 N–H and O–H groups in total. The van der Waals surface area contributed by atoms with Crippen molar-refractivity contribution >= 4 is 11.9 Å². The Hall–Kier alpha value is -3.22. The average Bonchev–Trinajstić information content (AvgIpc) is 2.79. The Morgan fingerprint density at radius 2 is 1.83 bits per heavy atom. The van der Waals surface area contributed by atoms with Crippen LogP contribution in [0.1, 0.15) is 28.4 Å². The van der Waals surface area contributed by atoms with Gasteiger partial charge in [0.05, 0.1) is 20.8 Å². The van der Waals surface area contributed by atoms with Gasteiger partial charge in [-0.25, -0.2) is 4.99 Å². The van der Waals surface area contributed by atoms with Crippen LogP contribution in [0, 0.1) is 0 Å². The lowest BCUT2D eigenvalue weighted by atomic mass is 10.1. The van der Waals surface area contributed by atoms with Gasteiger partial charge < -0.3 is 25.0 Å². The molecule has 0 aliphatic rings. The van der Waals surface area contributed by atoms with E-state index in [2.05, 4.69) is 15.5 Å². The van der Waals surface area contributed by atoms with Crippen molar-refractivity contribution in [2.45, 2.75) is 19.9 Å². The van der Waals surface area contributed by atoms with Crippen molar-refractivity contribution in [3.8, 4) is 11.5 Å². The molecule has 30 heavy (non-hydrogen) atoms. The molecule has 2 aromatic rings. The molecule has 0 aliphatic heterocycles. The molecule has 0 atom stereocenters. The highest BCUT2D eigenvalue weighted by molar-refractivity contribution is 5.94. The van der Waals surface area contributed by atoms with E-state index in [-0.39, 0.29) is 5.91 Å². The van der Waals surface area contributed by atoms with E-state index in [1.807, 2.05) is 50.4 Å². The highest BCUT2D eigenvalue weighted by Crippen LogP contribution is 2.27. The highest BCUT2D eigenvalue weighted by atomic mass is 16.5. The van der Waals surface area contributed by atoms with Gasteiger partial charge in [0.25, 0.3) is 5.91 Å². The lowest BCUT2D eigenvalue weighted by Gasteiger charge is -2.22. The van der Waals surface area contributed by atoms with Gasteiger partial charge in [0, 0.05) is 32.7 Å². The van der Waals surface area contributed by atoms with Crippen molar-refractivity contribution in [2.24, 2.45) is 4.99 Å². The van der Waals surface area contributed by atoms with Gasteiger partial charge in [-0.15, -0.1) is 0 Å². The summed E-state index contributed by atoms with van der Waals surface area (Å²) in [6, 6.07) is 13.5. The van der Waals surface area contributed by atoms with Gasteiger partial charge in [0.1, 0.15) is 0 Å². The van der Waals surface area contributed by atoms with Crippen LogP contribution >= 0.6 is 0 Å². The van der Waals surface area contributed by atoms with Gasteiger partial charge in [-0.2, -0.15) is 0 Å². The van der Waals surface area contributed by atoms with E-state index in [4.69, 9.17) is 14.5 Å². The van der Waals surface area contributed by atoms with E-state index in [1.54, 1.807) is 27.3 Å². The molecule has 2 aromatic carbocycles. The number of benzene rings is 2. The molecule has 0 saturated carbocycles. The van der Waals surface area contributed by atoms with Crippen LogP contribution in [-0.4, -0.2) is 58.2 Å². The summed E-state index contributed by atoms with van der Waals surface area (Å²) in [6.45, 7) is 4.11. The number of amides is 1. The minimum absolute atomic E-state index is 0.0974. The third-order valence-corrected chi connectivity index (χ3v) is 4.71. The first-order valence-electron chi connectivity index (χ1n) is 10.0. The number of carbonyl (C=O) groups is 1. The number of nitrogens with one attached hydrogen (secondary N) is 2. The predicted octanol–water partition coefficient (Wildman–Crippen LogP) is 2.70. The summed E-state index contributed by atoms with van der Waals surface area (Å²) >= 11 is 0. The molecule has 7 heteroatoms. The summed E-state index contributed by atoms with van der Waals surface area (Å²) in [5.74, 6) is 2.18. The van der Waals surface area contributed by atoms with Gasteiger partial charge in [0.15, 0.2) is 17.5 Å². The predicted molar refractivity (Wildman–Crippen MR) is 121 cm³/mol. The zero-order valence-corrected chi connectivity index (χ0v) is 18.5. The summed E-state index contributed by atoms with van der Waals surface area (Å²) in [5.41, 5.74) is 2.78. The number of aliphatic imine (C=N–C) groups is 1. The van der Waals surface area contributed by atoms with Gasteiger partial charge in [-0.05, 0) is 48.7 Å². The molecule has 1 amide bonds. The van der Waals surface area contributed by atoms with E-state index in [0.717, 1.165) is 48.1 Å². The third kappa shape index (κ3) is 6.40. The molecule has 0 saturated heterocycles. The standard InChI is InChI=1S/C23H32N4O3/c1-6-25-23(26-16-18-8-7-9-19(14-18)22(28)24-2)27(3)13-12-17-10-11-20(29-4)21(15-17)30-5/h7-11,14-15H,6,12-13,16H2,1-5H3,(H,24,28)(H,25,26). The van der Waals surface area contributed by atoms with E-state index in [1.165, 1.54) is 0 Å². The Kier molecular flexibility index (Phi) is 9.00. The van der Waals surface area contributed by atoms with Crippen molar-refractivity contribution in [1.82, 2.24) is 15.5 Å². The van der Waals surface area contributed by atoms with Crippen LogP contribution in [0.15, 0.2) is 47.5 Å². The zero-order valence-electron chi connectivity index (χ0n) is 18.5. The molecule has 0 bridgehead atoms. The Labute approximate surface area is 179 Å². The van der Waals surface area contributed by atoms with Gasteiger partial charge in [-0.1, -0.05) is 18.2 Å². The second kappa shape index (κ2) is 11.7. The maximum atomic E-state index is 11.8. The first-order chi connectivity index (χ1) is 14.5. The number of methoxy groups -OCH3 is 2. The van der Waals surface area contributed by atoms with Crippen LogP contribution in [0.25, 0.3) is 0 Å². The molecule has 162 valence electrons. The van der Waals surface area contributed by atoms with Gasteiger partial charge >= 0.3 is 0 Å². The van der Waals surface area contributed by atoms with Crippen molar-refractivity contribution in [3.05, 3.63) is 59.2 Å². The number of nitrogens with zero attached hydrogens (tertiary/aromatic N) is 2. The van der Waals surface area contributed by atoms with Crippen molar-refractivity contribution in [1.29, 1.82) is 0 Å². The number of hydrogen-bond donors (Lipinski definition) is 2. The topological polar surface area (TPSA) is 75.2 Å². The maximum absolute atomic E-state index is 11.8. The number of rotatable bonds is 9. The molecule has 0 spiro atoms. The second-order valence-corrected chi connectivity index (χ2v) is 6.81. The van der Waals surface area contributed by atoms with Gasteiger partial charge in [0.2, 0.25) is 0 Å². The zero-order chi connectivity index (χ0) is 21.9. The summed E-state index contributed by atoms with van der Waals surface area (Å²) < 4.78 is 10.7. The molecule has 0 unspecified atom stereocenters. The number of likely N-dealkylation sites (N-methyl/N-ethyl adjacent to an activating group) is 1. The second-order valence-electron chi connectivity index (χ2n) is 6.81. The smallest absolute Gasteiger partial charge is 0.251 e. The number of hydrogen-bond acceptors (Lipinski definition) is 4. The molecule has 0 aliphatic carbocycles. The first-order valence-corrected chi connectivity index (χ1v) is 10.0. The fraction of sp³-hybridized carbons (Fsp3) is 0.391. The molecule has 0 radical (unpaired) electrons. The quantitative estimate of drug-likeness (QED) is 0.489. The lowest BCUT2D eigenvalue weighted by molar-refractivity contribution is 0.0963. The van der Waals surface area contributed by atoms with Crippen LogP contribution in [-0.2, 0) is 13.0 Å². The molecule has 0 aromatic heterocycles. The van der Waals surface area contributed by atoms with Crippen LogP contribution in [0.5, 0.6) is 11.5 Å². The minimum atomic E-state index is -0.0974. The fourth-order valence-electron chi connectivity index (χ4n) is 3.03. The van der Waals surface area contributed by atoms with E-state index in [9.17, 15) is 4.79 Å². The first kappa shape index (κ1) is 23.1. The normalized spacial score (nSPS) is 11.0. The maximum Gasteiger partial charge on any atom is 0.251 e. The average molecular weight is 413 g/mol. The Morgan fingerprint density at radius 1 is 1.07 bits per heavy atom. The summed E-state index contributed by atoms with van der Waals surface area (Å²) in [7, 11) is 6.92. The Morgan fingerprint density at radius 3 is 2.50 bits per heavy atom. The fourth-order valence-corrected chi connectivity index (χ4v) is 3.03. The van der Waals surface area contributed by atoms with E-state index in [0.29, 0.717) is 12.1 Å². The molecule has 0 heterocycles. The number of guanidine groups is 1. The van der Waals surface area contributed by atoms with Gasteiger partial charge in [-0.3, -0.25) is 4.79 Å². The Balaban J connectivity index is 2.05. The SMILES string of the molecule is CCNC(=NCc1cccc(C(=O)NC)c1)N(C)CCc1ccc(OC)c(OC)c1. The van der Waals surface area contributed by atoms with Crippen LogP contribution in [0.4, 0.5) is 0 Å². The number of carbonyl (C=O) groups excluding carboxylic acids is 1. The monoisotopic (exact) mass is 412 g/mol. The molecular weight excluding hydrogens is 380 g/mol. The van der Waals surface area contributed by atoms with Crippen LogP contribution in [0.2, 0.25) is 0 Å². The molecule has 2 rings (SSSR count). The Bertz CT molecular complexity index is 867. The molecule has 0 fully saturated rings.